The predicted molar refractivity (Wildman–Crippen MR) is 101 cm³/mol. The Labute approximate surface area is 156 Å². The minimum absolute atomic E-state index is 0.0654. The number of hydrogen-bond donors (Lipinski definition) is 1. The maximum Gasteiger partial charge on any atom is 0.256 e. The molecule has 0 spiro atoms. The van der Waals surface area contributed by atoms with E-state index in [0.29, 0.717) is 43.9 Å². The molecular formula is C20H32N2O4. The van der Waals surface area contributed by atoms with Crippen molar-refractivity contribution < 1.29 is 19.0 Å². The van der Waals surface area contributed by atoms with Gasteiger partial charge in [-0.15, -0.1) is 0 Å². The molecule has 1 fully saturated rings. The summed E-state index contributed by atoms with van der Waals surface area (Å²) in [5, 5.41) is 2.98. The first-order chi connectivity index (χ1) is 12.6. The van der Waals surface area contributed by atoms with E-state index < -0.39 is 5.60 Å². The van der Waals surface area contributed by atoms with E-state index in [-0.39, 0.29) is 5.91 Å². The fourth-order valence-corrected chi connectivity index (χ4v) is 3.34. The van der Waals surface area contributed by atoms with Crippen LogP contribution < -0.4 is 10.1 Å². The van der Waals surface area contributed by atoms with Gasteiger partial charge in [-0.05, 0) is 44.6 Å². The van der Waals surface area contributed by atoms with Gasteiger partial charge >= 0.3 is 0 Å². The van der Waals surface area contributed by atoms with Gasteiger partial charge in [0.1, 0.15) is 12.2 Å². The van der Waals surface area contributed by atoms with Crippen LogP contribution >= 0.6 is 0 Å². The summed E-state index contributed by atoms with van der Waals surface area (Å²) in [6, 6.07) is 3.56. The van der Waals surface area contributed by atoms with Gasteiger partial charge in [0.2, 0.25) is 5.88 Å². The SMILES string of the molecule is CCCOC1(C(=O)Nc2ccc(OCCOCC)nc2)CCCC(C)C1. The zero-order chi connectivity index (χ0) is 18.8. The number of aromatic nitrogens is 1. The van der Waals surface area contributed by atoms with Crippen LogP contribution in [0.25, 0.3) is 0 Å². The van der Waals surface area contributed by atoms with Crippen molar-refractivity contribution in [2.75, 3.05) is 31.7 Å². The van der Waals surface area contributed by atoms with Crippen molar-refractivity contribution in [1.29, 1.82) is 0 Å². The van der Waals surface area contributed by atoms with E-state index in [0.717, 1.165) is 32.1 Å². The van der Waals surface area contributed by atoms with Crippen LogP contribution in [0.4, 0.5) is 5.69 Å². The Morgan fingerprint density at radius 1 is 1.31 bits per heavy atom. The average Bonchev–Trinajstić information content (AvgIpc) is 2.65. The molecule has 6 nitrogen and oxygen atoms in total. The molecule has 0 aromatic carbocycles. The molecule has 1 saturated carbocycles. The Hall–Kier alpha value is -1.66. The third-order valence-electron chi connectivity index (χ3n) is 4.63. The summed E-state index contributed by atoms with van der Waals surface area (Å²) in [5.74, 6) is 0.945. The van der Waals surface area contributed by atoms with Crippen molar-refractivity contribution in [3.05, 3.63) is 18.3 Å². The van der Waals surface area contributed by atoms with Crippen LogP contribution in [0.3, 0.4) is 0 Å². The minimum atomic E-state index is -0.722. The normalized spacial score (nSPS) is 22.8. The topological polar surface area (TPSA) is 69.7 Å². The molecular weight excluding hydrogens is 332 g/mol. The second-order valence-corrected chi connectivity index (χ2v) is 6.93. The zero-order valence-corrected chi connectivity index (χ0v) is 16.3. The molecule has 1 heterocycles. The molecule has 1 amide bonds. The molecule has 0 radical (unpaired) electrons. The molecule has 2 rings (SSSR count). The smallest absolute Gasteiger partial charge is 0.256 e. The lowest BCUT2D eigenvalue weighted by Crippen LogP contribution is -2.48. The van der Waals surface area contributed by atoms with Crippen LogP contribution in [0.1, 0.15) is 52.9 Å². The molecule has 1 N–H and O–H groups in total. The summed E-state index contributed by atoms with van der Waals surface area (Å²) < 4.78 is 16.8. The van der Waals surface area contributed by atoms with Gasteiger partial charge in [0.05, 0.1) is 18.5 Å². The monoisotopic (exact) mass is 364 g/mol. The lowest BCUT2D eigenvalue weighted by Gasteiger charge is -2.38. The molecule has 2 atom stereocenters. The second kappa shape index (κ2) is 10.5. The number of pyridine rings is 1. The number of carbonyl (C=O) groups excluding carboxylic acids is 1. The number of nitrogens with zero attached hydrogens (tertiary/aromatic N) is 1. The van der Waals surface area contributed by atoms with Gasteiger partial charge in [0, 0.05) is 19.3 Å². The highest BCUT2D eigenvalue weighted by molar-refractivity contribution is 5.97. The molecule has 2 unspecified atom stereocenters. The molecule has 0 aliphatic heterocycles. The lowest BCUT2D eigenvalue weighted by atomic mass is 9.78. The average molecular weight is 364 g/mol. The van der Waals surface area contributed by atoms with E-state index >= 15 is 0 Å². The quantitative estimate of drug-likeness (QED) is 0.639. The number of ether oxygens (including phenoxy) is 3. The fraction of sp³-hybridized carbons (Fsp3) is 0.700. The van der Waals surface area contributed by atoms with Crippen molar-refractivity contribution in [3.8, 4) is 5.88 Å². The van der Waals surface area contributed by atoms with E-state index in [4.69, 9.17) is 14.2 Å². The van der Waals surface area contributed by atoms with Crippen LogP contribution in [0, 0.1) is 5.92 Å². The molecule has 0 bridgehead atoms. The number of rotatable bonds is 10. The van der Waals surface area contributed by atoms with Crippen molar-refractivity contribution in [3.63, 3.8) is 0 Å². The molecule has 146 valence electrons. The molecule has 1 aromatic heterocycles. The largest absolute Gasteiger partial charge is 0.475 e. The van der Waals surface area contributed by atoms with Crippen molar-refractivity contribution in [2.24, 2.45) is 5.92 Å². The first kappa shape index (κ1) is 20.6. The predicted octanol–water partition coefficient (Wildman–Crippen LogP) is 3.81. The fourth-order valence-electron chi connectivity index (χ4n) is 3.34. The molecule has 6 heteroatoms. The highest BCUT2D eigenvalue weighted by Gasteiger charge is 2.42. The van der Waals surface area contributed by atoms with Crippen molar-refractivity contribution in [1.82, 2.24) is 4.98 Å². The minimum Gasteiger partial charge on any atom is -0.475 e. The molecule has 1 aliphatic rings. The summed E-state index contributed by atoms with van der Waals surface area (Å²) in [6.45, 7) is 8.45. The third kappa shape index (κ3) is 5.95. The van der Waals surface area contributed by atoms with Gasteiger partial charge in [-0.2, -0.15) is 0 Å². The van der Waals surface area contributed by atoms with E-state index in [1.807, 2.05) is 6.92 Å². The van der Waals surface area contributed by atoms with Crippen LogP contribution in [-0.2, 0) is 14.3 Å². The Morgan fingerprint density at radius 2 is 2.15 bits per heavy atom. The van der Waals surface area contributed by atoms with E-state index in [1.54, 1.807) is 18.3 Å². The van der Waals surface area contributed by atoms with E-state index in [2.05, 4.69) is 24.1 Å². The van der Waals surface area contributed by atoms with Crippen LogP contribution in [0.15, 0.2) is 18.3 Å². The summed E-state index contributed by atoms with van der Waals surface area (Å²) in [5.41, 5.74) is -0.0646. The van der Waals surface area contributed by atoms with Gasteiger partial charge in [-0.1, -0.05) is 20.3 Å². The van der Waals surface area contributed by atoms with Gasteiger partial charge in [-0.25, -0.2) is 4.98 Å². The first-order valence-electron chi connectivity index (χ1n) is 9.71. The Balaban J connectivity index is 1.95. The van der Waals surface area contributed by atoms with Crippen LogP contribution in [0.5, 0.6) is 5.88 Å². The standard InChI is InChI=1S/C20H32N2O4/c1-4-11-26-20(10-6-7-16(3)14-20)19(23)22-17-8-9-18(21-15-17)25-13-12-24-5-2/h8-9,15-16H,4-7,10-14H2,1-3H3,(H,22,23). The summed E-state index contributed by atoms with van der Waals surface area (Å²) >= 11 is 0. The highest BCUT2D eigenvalue weighted by atomic mass is 16.5. The van der Waals surface area contributed by atoms with Crippen LogP contribution in [-0.4, -0.2) is 42.9 Å². The number of nitrogens with one attached hydrogen (secondary N) is 1. The van der Waals surface area contributed by atoms with Crippen molar-refractivity contribution in [2.45, 2.75) is 58.5 Å². The lowest BCUT2D eigenvalue weighted by molar-refractivity contribution is -0.148. The van der Waals surface area contributed by atoms with Crippen molar-refractivity contribution >= 4 is 11.6 Å². The molecule has 1 aromatic rings. The second-order valence-electron chi connectivity index (χ2n) is 6.93. The Morgan fingerprint density at radius 3 is 2.81 bits per heavy atom. The molecule has 26 heavy (non-hydrogen) atoms. The Kier molecular flexibility index (Phi) is 8.32. The Bertz CT molecular complexity index is 549. The number of anilines is 1. The summed E-state index contributed by atoms with van der Waals surface area (Å²) in [4.78, 5) is 17.2. The van der Waals surface area contributed by atoms with Gasteiger partial charge in [0.15, 0.2) is 0 Å². The van der Waals surface area contributed by atoms with Crippen LogP contribution in [0.2, 0.25) is 0 Å². The first-order valence-corrected chi connectivity index (χ1v) is 9.71. The maximum absolute atomic E-state index is 13.0. The highest BCUT2D eigenvalue weighted by Crippen LogP contribution is 2.36. The third-order valence-corrected chi connectivity index (χ3v) is 4.63. The van der Waals surface area contributed by atoms with E-state index in [1.165, 1.54) is 0 Å². The molecule has 0 saturated heterocycles. The number of carbonyl (C=O) groups is 1. The van der Waals surface area contributed by atoms with E-state index in [9.17, 15) is 4.79 Å². The van der Waals surface area contributed by atoms with Gasteiger partial charge in [0.25, 0.3) is 5.91 Å². The summed E-state index contributed by atoms with van der Waals surface area (Å²) in [7, 11) is 0. The van der Waals surface area contributed by atoms with Gasteiger partial charge in [-0.3, -0.25) is 4.79 Å². The molecule has 1 aliphatic carbocycles. The summed E-state index contributed by atoms with van der Waals surface area (Å²) in [6.07, 6.45) is 6.23. The maximum atomic E-state index is 13.0. The zero-order valence-electron chi connectivity index (χ0n) is 16.3. The number of amides is 1. The van der Waals surface area contributed by atoms with Gasteiger partial charge < -0.3 is 19.5 Å². The number of hydrogen-bond acceptors (Lipinski definition) is 5.